The Labute approximate surface area is 100 Å². The van der Waals surface area contributed by atoms with E-state index in [4.69, 9.17) is 17.5 Å². The summed E-state index contributed by atoms with van der Waals surface area (Å²) in [4.78, 5) is 0. The molecule has 0 heterocycles. The van der Waals surface area contributed by atoms with E-state index in [9.17, 15) is 0 Å². The SMILES string of the molecule is CC[S+](C)C.CC[S+](C)C.O=S(=O)([O-])[O-]. The van der Waals surface area contributed by atoms with E-state index in [1.807, 2.05) is 0 Å². The molecule has 0 aliphatic rings. The average molecular weight is 278 g/mol. The Balaban J connectivity index is -0.000000144. The van der Waals surface area contributed by atoms with E-state index in [1.54, 1.807) is 0 Å². The van der Waals surface area contributed by atoms with Crippen molar-refractivity contribution in [2.45, 2.75) is 13.8 Å². The lowest BCUT2D eigenvalue weighted by Gasteiger charge is -2.06. The van der Waals surface area contributed by atoms with Crippen molar-refractivity contribution in [2.24, 2.45) is 0 Å². The molecule has 0 rings (SSSR count). The molecular weight excluding hydrogens is 256 g/mol. The summed E-state index contributed by atoms with van der Waals surface area (Å²) in [5.74, 6) is 2.67. The van der Waals surface area contributed by atoms with Crippen LogP contribution in [0.2, 0.25) is 0 Å². The molecule has 96 valence electrons. The zero-order chi connectivity index (χ0) is 13.1. The molecule has 15 heavy (non-hydrogen) atoms. The minimum Gasteiger partial charge on any atom is -0.759 e. The van der Waals surface area contributed by atoms with Gasteiger partial charge in [0.1, 0.15) is 11.5 Å². The third-order valence-corrected chi connectivity index (χ3v) is 3.46. The zero-order valence-electron chi connectivity index (χ0n) is 10.3. The summed E-state index contributed by atoms with van der Waals surface area (Å²) in [6.07, 6.45) is 9.00. The summed E-state index contributed by atoms with van der Waals surface area (Å²) in [6, 6.07) is 0. The first-order chi connectivity index (χ1) is 6.54. The van der Waals surface area contributed by atoms with Gasteiger partial charge in [0.15, 0.2) is 0 Å². The van der Waals surface area contributed by atoms with Crippen molar-refractivity contribution in [3.63, 3.8) is 0 Å². The van der Waals surface area contributed by atoms with Gasteiger partial charge in [0.05, 0.1) is 25.0 Å². The highest BCUT2D eigenvalue weighted by Crippen LogP contribution is 1.77. The molecule has 0 unspecified atom stereocenters. The van der Waals surface area contributed by atoms with E-state index in [1.165, 1.54) is 11.5 Å². The number of hydrogen-bond donors (Lipinski definition) is 0. The molecular formula is C8H22O4S3. The highest BCUT2D eigenvalue weighted by atomic mass is 32.3. The lowest BCUT2D eigenvalue weighted by Crippen LogP contribution is -1.94. The van der Waals surface area contributed by atoms with Gasteiger partial charge >= 0.3 is 0 Å². The molecule has 0 aliphatic carbocycles. The Morgan fingerprint density at radius 1 is 0.867 bits per heavy atom. The van der Waals surface area contributed by atoms with Gasteiger partial charge in [-0.3, -0.25) is 8.42 Å². The second-order valence-electron chi connectivity index (χ2n) is 2.96. The van der Waals surface area contributed by atoms with E-state index in [2.05, 4.69) is 38.9 Å². The lowest BCUT2D eigenvalue weighted by molar-refractivity contribution is 0.352. The first-order valence-corrected chi connectivity index (χ1v) is 10.0. The van der Waals surface area contributed by atoms with Crippen LogP contribution >= 0.6 is 0 Å². The second-order valence-corrected chi connectivity index (χ2v) is 8.87. The minimum absolute atomic E-state index is 0.677. The summed E-state index contributed by atoms with van der Waals surface area (Å²) < 4.78 is 34.1. The fourth-order valence-electron chi connectivity index (χ4n) is 0. The van der Waals surface area contributed by atoms with Crippen LogP contribution in [0.5, 0.6) is 0 Å². The van der Waals surface area contributed by atoms with E-state index in [0.29, 0.717) is 21.8 Å². The van der Waals surface area contributed by atoms with Crippen molar-refractivity contribution in [1.82, 2.24) is 0 Å². The van der Waals surface area contributed by atoms with Gasteiger partial charge in [0, 0.05) is 10.4 Å². The predicted molar refractivity (Wildman–Crippen MR) is 70.0 cm³/mol. The van der Waals surface area contributed by atoms with Crippen LogP contribution in [0.1, 0.15) is 13.8 Å². The Morgan fingerprint density at radius 2 is 0.933 bits per heavy atom. The molecule has 0 atom stereocenters. The predicted octanol–water partition coefficient (Wildman–Crippen LogP) is 0.430. The van der Waals surface area contributed by atoms with Crippen molar-refractivity contribution in [3.8, 4) is 0 Å². The van der Waals surface area contributed by atoms with Crippen LogP contribution in [0.4, 0.5) is 0 Å². The van der Waals surface area contributed by atoms with Gasteiger partial charge in [-0.05, 0) is 35.6 Å². The quantitative estimate of drug-likeness (QED) is 0.417. The van der Waals surface area contributed by atoms with Crippen LogP contribution < -0.4 is 0 Å². The fourth-order valence-corrected chi connectivity index (χ4v) is 0. The highest BCUT2D eigenvalue weighted by molar-refractivity contribution is 7.95. The Kier molecular flexibility index (Phi) is 17.6. The standard InChI is InChI=1S/2C4H11S.H2O4S/c2*1-4-5(2)3;1-5(2,3)4/h2*4H2,1-3H3;(H2,1,2,3,4)/q2*+1;/p-2. The molecule has 0 fully saturated rings. The molecule has 0 amide bonds. The first-order valence-electron chi connectivity index (χ1n) is 4.29. The third kappa shape index (κ3) is 110. The summed E-state index contributed by atoms with van der Waals surface area (Å²) in [6.45, 7) is 4.42. The summed E-state index contributed by atoms with van der Waals surface area (Å²) in [5.41, 5.74) is 0. The maximum absolute atomic E-state index is 8.52. The summed E-state index contributed by atoms with van der Waals surface area (Å²) in [5, 5.41) is 0. The van der Waals surface area contributed by atoms with Gasteiger partial charge in [-0.25, -0.2) is 0 Å². The maximum atomic E-state index is 8.52. The molecule has 0 saturated carbocycles. The molecule has 0 saturated heterocycles. The van der Waals surface area contributed by atoms with E-state index in [-0.39, 0.29) is 0 Å². The van der Waals surface area contributed by atoms with Crippen LogP contribution in [-0.2, 0) is 32.2 Å². The molecule has 0 aliphatic heterocycles. The van der Waals surface area contributed by atoms with Crippen LogP contribution in [0.25, 0.3) is 0 Å². The van der Waals surface area contributed by atoms with Gasteiger partial charge in [-0.2, -0.15) is 0 Å². The van der Waals surface area contributed by atoms with Gasteiger partial charge in [0.25, 0.3) is 0 Å². The third-order valence-electron chi connectivity index (χ3n) is 1.15. The Bertz CT molecular complexity index is 184. The number of hydrogen-bond acceptors (Lipinski definition) is 4. The first kappa shape index (κ1) is 20.9. The van der Waals surface area contributed by atoms with Gasteiger partial charge in [0.2, 0.25) is 0 Å². The van der Waals surface area contributed by atoms with Gasteiger partial charge in [-0.1, -0.05) is 0 Å². The Morgan fingerprint density at radius 3 is 0.933 bits per heavy atom. The molecule has 0 radical (unpaired) electrons. The lowest BCUT2D eigenvalue weighted by atomic mass is 11.0. The van der Waals surface area contributed by atoms with E-state index in [0.717, 1.165) is 0 Å². The van der Waals surface area contributed by atoms with Crippen LogP contribution in [-0.4, -0.2) is 54.1 Å². The average Bonchev–Trinajstić information content (AvgIpc) is 2.02. The number of rotatable bonds is 2. The summed E-state index contributed by atoms with van der Waals surface area (Å²) >= 11 is 0. The van der Waals surface area contributed by atoms with Crippen molar-refractivity contribution in [1.29, 1.82) is 0 Å². The van der Waals surface area contributed by atoms with Crippen molar-refractivity contribution >= 4 is 32.2 Å². The van der Waals surface area contributed by atoms with Crippen molar-refractivity contribution < 1.29 is 17.5 Å². The highest BCUT2D eigenvalue weighted by Gasteiger charge is 1.90. The van der Waals surface area contributed by atoms with Crippen molar-refractivity contribution in [2.75, 3.05) is 36.5 Å². The normalized spacial score (nSPS) is 10.3. The largest absolute Gasteiger partial charge is 0.759 e. The minimum atomic E-state index is -5.17. The molecule has 7 heteroatoms. The van der Waals surface area contributed by atoms with E-state index >= 15 is 0 Å². The fraction of sp³-hybridized carbons (Fsp3) is 1.00. The maximum Gasteiger partial charge on any atom is 0.104 e. The summed E-state index contributed by atoms with van der Waals surface area (Å²) in [7, 11) is -3.81. The van der Waals surface area contributed by atoms with Gasteiger partial charge < -0.3 is 9.11 Å². The molecule has 0 aromatic heterocycles. The van der Waals surface area contributed by atoms with Crippen LogP contribution in [0.15, 0.2) is 0 Å². The molecule has 0 aromatic rings. The second kappa shape index (κ2) is 12.6. The topological polar surface area (TPSA) is 80.3 Å². The molecule has 0 N–H and O–H groups in total. The molecule has 0 bridgehead atoms. The smallest absolute Gasteiger partial charge is 0.104 e. The molecule has 0 aromatic carbocycles. The van der Waals surface area contributed by atoms with Crippen LogP contribution in [0.3, 0.4) is 0 Å². The van der Waals surface area contributed by atoms with Gasteiger partial charge in [-0.15, -0.1) is 0 Å². The van der Waals surface area contributed by atoms with E-state index < -0.39 is 10.4 Å². The Hall–Kier alpha value is 0.570. The van der Waals surface area contributed by atoms with Crippen LogP contribution in [0, 0.1) is 0 Å². The molecule has 4 nitrogen and oxygen atoms in total. The zero-order valence-corrected chi connectivity index (χ0v) is 12.7. The van der Waals surface area contributed by atoms with Crippen molar-refractivity contribution in [3.05, 3.63) is 0 Å². The monoisotopic (exact) mass is 278 g/mol. The molecule has 0 spiro atoms.